The number of carbonyl (C=O) groups excluding carboxylic acids is 1. The van der Waals surface area contributed by atoms with Gasteiger partial charge in [-0.3, -0.25) is 4.79 Å². The maximum atomic E-state index is 11.5. The van der Waals surface area contributed by atoms with Crippen LogP contribution in [0.3, 0.4) is 0 Å². The largest absolute Gasteiger partial charge is 0.481 e. The molecule has 0 heterocycles. The Morgan fingerprint density at radius 3 is 2.13 bits per heavy atom. The van der Waals surface area contributed by atoms with E-state index in [1.807, 2.05) is 42.5 Å². The molecule has 0 saturated carbocycles. The second kappa shape index (κ2) is 11.0. The van der Waals surface area contributed by atoms with E-state index in [1.54, 1.807) is 14.0 Å². The Labute approximate surface area is 178 Å². The van der Waals surface area contributed by atoms with Crippen molar-refractivity contribution in [2.75, 3.05) is 13.7 Å². The predicted octanol–water partition coefficient (Wildman–Crippen LogP) is 4.85. The summed E-state index contributed by atoms with van der Waals surface area (Å²) in [6, 6.07) is 26.4. The topological polar surface area (TPSA) is 35.5 Å². The Bertz CT molecular complexity index is 994. The van der Waals surface area contributed by atoms with Crippen molar-refractivity contribution in [1.82, 2.24) is 0 Å². The van der Waals surface area contributed by atoms with E-state index in [0.29, 0.717) is 13.0 Å². The number of methoxy groups -OCH3 is 1. The molecule has 0 aliphatic heterocycles. The summed E-state index contributed by atoms with van der Waals surface area (Å²) in [5.41, 5.74) is 4.51. The highest BCUT2D eigenvalue weighted by atomic mass is 16.5. The summed E-state index contributed by atoms with van der Waals surface area (Å²) in [4.78, 5) is 11.5. The lowest BCUT2D eigenvalue weighted by molar-refractivity contribution is -0.126. The lowest BCUT2D eigenvalue weighted by Gasteiger charge is -2.11. The summed E-state index contributed by atoms with van der Waals surface area (Å²) in [5.74, 6) is 6.99. The normalized spacial score (nSPS) is 11.3. The third-order valence-corrected chi connectivity index (χ3v) is 4.83. The Morgan fingerprint density at radius 2 is 1.50 bits per heavy atom. The third kappa shape index (κ3) is 6.62. The van der Waals surface area contributed by atoms with Crippen LogP contribution in [0.25, 0.3) is 0 Å². The molecule has 152 valence electrons. The Balaban J connectivity index is 1.48. The van der Waals surface area contributed by atoms with Crippen LogP contribution < -0.4 is 4.74 Å². The first-order valence-corrected chi connectivity index (χ1v) is 10.0. The summed E-state index contributed by atoms with van der Waals surface area (Å²) in [6.07, 6.45) is 1.09. The van der Waals surface area contributed by atoms with Gasteiger partial charge in [0.25, 0.3) is 0 Å². The van der Waals surface area contributed by atoms with Crippen molar-refractivity contribution >= 4 is 5.78 Å². The molecule has 3 heteroatoms. The number of rotatable bonds is 8. The molecule has 3 aromatic rings. The van der Waals surface area contributed by atoms with Crippen molar-refractivity contribution in [3.63, 3.8) is 0 Å². The summed E-state index contributed by atoms with van der Waals surface area (Å²) >= 11 is 0. The molecular weight excluding hydrogens is 372 g/mol. The molecule has 0 aromatic heterocycles. The smallest absolute Gasteiger partial charge is 0.158 e. The van der Waals surface area contributed by atoms with E-state index in [4.69, 9.17) is 9.47 Å². The fourth-order valence-electron chi connectivity index (χ4n) is 3.12. The zero-order valence-corrected chi connectivity index (χ0v) is 17.4. The van der Waals surface area contributed by atoms with Crippen LogP contribution in [0.5, 0.6) is 5.75 Å². The predicted molar refractivity (Wildman–Crippen MR) is 120 cm³/mol. The first kappa shape index (κ1) is 21.4. The second-order valence-electron chi connectivity index (χ2n) is 7.13. The molecular formula is C27H26O3. The number of ketones is 1. The van der Waals surface area contributed by atoms with Gasteiger partial charge in [-0.05, 0) is 54.3 Å². The summed E-state index contributed by atoms with van der Waals surface area (Å²) in [5, 5.41) is 0. The molecule has 0 radical (unpaired) electrons. The lowest BCUT2D eigenvalue weighted by atomic mass is 10.0. The van der Waals surface area contributed by atoms with Crippen LogP contribution in [0, 0.1) is 11.8 Å². The molecule has 3 rings (SSSR count). The van der Waals surface area contributed by atoms with E-state index in [-0.39, 0.29) is 5.78 Å². The van der Waals surface area contributed by atoms with Crippen LogP contribution in [0.15, 0.2) is 78.9 Å². The van der Waals surface area contributed by atoms with Crippen LogP contribution in [0.4, 0.5) is 0 Å². The zero-order valence-electron chi connectivity index (χ0n) is 17.4. The number of carbonyl (C=O) groups is 1. The van der Waals surface area contributed by atoms with E-state index in [2.05, 4.69) is 48.2 Å². The van der Waals surface area contributed by atoms with Gasteiger partial charge in [0.05, 0.1) is 0 Å². The maximum absolute atomic E-state index is 11.5. The van der Waals surface area contributed by atoms with Gasteiger partial charge in [0, 0.05) is 19.1 Å². The number of hydrogen-bond donors (Lipinski definition) is 0. The number of Topliss-reactive ketones (excluding diaryl/α,β-unsaturated/α-hetero) is 1. The fourth-order valence-corrected chi connectivity index (χ4v) is 3.12. The van der Waals surface area contributed by atoms with E-state index in [9.17, 15) is 4.79 Å². The molecule has 0 N–H and O–H groups in total. The summed E-state index contributed by atoms with van der Waals surface area (Å²) in [7, 11) is 1.56. The number of ether oxygens (including phenoxy) is 2. The quantitative estimate of drug-likeness (QED) is 0.509. The molecule has 0 aliphatic carbocycles. The number of hydrogen-bond acceptors (Lipinski definition) is 3. The molecule has 1 atom stereocenters. The van der Waals surface area contributed by atoms with Crippen molar-refractivity contribution in [2.24, 2.45) is 0 Å². The SMILES string of the molecule is CO[C@@H](Cc1ccc(C#CCOc2ccc(Cc3ccccc3)cc2)cc1)C(C)=O. The molecule has 0 fully saturated rings. The van der Waals surface area contributed by atoms with Crippen LogP contribution in [0.1, 0.15) is 29.2 Å². The molecule has 0 spiro atoms. The molecule has 0 aliphatic rings. The average Bonchev–Trinajstić information content (AvgIpc) is 2.77. The van der Waals surface area contributed by atoms with Crippen molar-refractivity contribution in [1.29, 1.82) is 0 Å². The van der Waals surface area contributed by atoms with Gasteiger partial charge in [0.15, 0.2) is 5.78 Å². The molecule has 0 bridgehead atoms. The van der Waals surface area contributed by atoms with Crippen LogP contribution in [-0.2, 0) is 22.4 Å². The van der Waals surface area contributed by atoms with E-state index < -0.39 is 6.10 Å². The van der Waals surface area contributed by atoms with Gasteiger partial charge in [-0.25, -0.2) is 0 Å². The van der Waals surface area contributed by atoms with E-state index in [1.165, 1.54) is 11.1 Å². The minimum absolute atomic E-state index is 0.0339. The fraction of sp³-hybridized carbons (Fsp3) is 0.222. The van der Waals surface area contributed by atoms with Gasteiger partial charge in [0.1, 0.15) is 18.5 Å². The summed E-state index contributed by atoms with van der Waals surface area (Å²) < 4.78 is 10.9. The van der Waals surface area contributed by atoms with Gasteiger partial charge >= 0.3 is 0 Å². The van der Waals surface area contributed by atoms with Crippen LogP contribution in [-0.4, -0.2) is 25.6 Å². The van der Waals surface area contributed by atoms with Gasteiger partial charge < -0.3 is 9.47 Å². The minimum Gasteiger partial charge on any atom is -0.481 e. The summed E-state index contributed by atoms with van der Waals surface area (Å²) in [6.45, 7) is 1.88. The Morgan fingerprint density at radius 1 is 0.867 bits per heavy atom. The lowest BCUT2D eigenvalue weighted by Crippen LogP contribution is -2.22. The minimum atomic E-state index is -0.394. The third-order valence-electron chi connectivity index (χ3n) is 4.83. The van der Waals surface area contributed by atoms with Gasteiger partial charge in [-0.15, -0.1) is 0 Å². The van der Waals surface area contributed by atoms with Gasteiger partial charge in [-0.1, -0.05) is 66.4 Å². The van der Waals surface area contributed by atoms with Crippen LogP contribution in [0.2, 0.25) is 0 Å². The van der Waals surface area contributed by atoms with Crippen molar-refractivity contribution in [3.8, 4) is 17.6 Å². The Hall–Kier alpha value is -3.35. The highest BCUT2D eigenvalue weighted by Gasteiger charge is 2.13. The Kier molecular flexibility index (Phi) is 7.83. The zero-order chi connectivity index (χ0) is 21.2. The molecule has 0 amide bonds. The van der Waals surface area contributed by atoms with Gasteiger partial charge in [-0.2, -0.15) is 0 Å². The molecule has 0 unspecified atom stereocenters. The first-order valence-electron chi connectivity index (χ1n) is 10.0. The highest BCUT2D eigenvalue weighted by molar-refractivity contribution is 5.80. The van der Waals surface area contributed by atoms with Crippen LogP contribution >= 0.6 is 0 Å². The van der Waals surface area contributed by atoms with E-state index in [0.717, 1.165) is 23.3 Å². The highest BCUT2D eigenvalue weighted by Crippen LogP contribution is 2.15. The van der Waals surface area contributed by atoms with Gasteiger partial charge in [0.2, 0.25) is 0 Å². The van der Waals surface area contributed by atoms with Crippen molar-refractivity contribution in [3.05, 3.63) is 101 Å². The van der Waals surface area contributed by atoms with E-state index >= 15 is 0 Å². The maximum Gasteiger partial charge on any atom is 0.158 e. The second-order valence-corrected chi connectivity index (χ2v) is 7.13. The monoisotopic (exact) mass is 398 g/mol. The molecule has 3 aromatic carbocycles. The standard InChI is InChI=1S/C27H26O3/c1-21(28)27(29-2)20-25-12-10-22(11-13-25)9-6-18-30-26-16-14-24(15-17-26)19-23-7-4-3-5-8-23/h3-5,7-8,10-17,27H,18-20H2,1-2H3/t27-/m0/s1. The van der Waals surface area contributed by atoms with Crippen molar-refractivity contribution in [2.45, 2.75) is 25.9 Å². The average molecular weight is 399 g/mol. The molecule has 30 heavy (non-hydrogen) atoms. The first-order chi connectivity index (χ1) is 14.6. The molecule has 0 saturated heterocycles. The number of benzene rings is 3. The van der Waals surface area contributed by atoms with Crippen molar-refractivity contribution < 1.29 is 14.3 Å². The molecule has 3 nitrogen and oxygen atoms in total.